The van der Waals surface area contributed by atoms with Crippen LogP contribution in [-0.4, -0.2) is 18.5 Å². The van der Waals surface area contributed by atoms with Crippen molar-refractivity contribution in [1.29, 1.82) is 0 Å². The van der Waals surface area contributed by atoms with Crippen LogP contribution in [0.25, 0.3) is 0 Å². The second-order valence-electron chi connectivity index (χ2n) is 4.08. The van der Waals surface area contributed by atoms with E-state index >= 15 is 0 Å². The summed E-state index contributed by atoms with van der Waals surface area (Å²) in [6.45, 7) is 0.0556. The third-order valence-electron chi connectivity index (χ3n) is 2.51. The van der Waals surface area contributed by atoms with Crippen LogP contribution in [0.15, 0.2) is 40.2 Å². The summed E-state index contributed by atoms with van der Waals surface area (Å²) in [4.78, 5) is 23.7. The molecule has 2 rings (SSSR count). The lowest BCUT2D eigenvalue weighted by atomic mass is 10.2. The maximum Gasteiger partial charge on any atom is 0.348 e. The van der Waals surface area contributed by atoms with E-state index in [0.29, 0.717) is 16.4 Å². The number of thiophene rings is 1. The number of esters is 1. The predicted octanol–water partition coefficient (Wildman–Crippen LogP) is 3.64. The minimum Gasteiger partial charge on any atom is -0.451 e. The molecule has 0 spiro atoms. The number of nitrogens with one attached hydrogen (secondary N) is 1. The first-order valence-electron chi connectivity index (χ1n) is 5.98. The van der Waals surface area contributed by atoms with Gasteiger partial charge in [-0.3, -0.25) is 4.79 Å². The van der Waals surface area contributed by atoms with E-state index in [1.54, 1.807) is 24.3 Å². The molecule has 0 atom stereocenters. The molecule has 4 nitrogen and oxygen atoms in total. The van der Waals surface area contributed by atoms with Crippen molar-refractivity contribution in [3.8, 4) is 0 Å². The molecule has 0 radical (unpaired) electrons. The van der Waals surface area contributed by atoms with Crippen LogP contribution in [0.1, 0.15) is 15.2 Å². The lowest BCUT2D eigenvalue weighted by Crippen LogP contribution is -2.28. The highest BCUT2D eigenvalue weighted by Gasteiger charge is 2.12. The summed E-state index contributed by atoms with van der Waals surface area (Å²) in [6.07, 6.45) is 0. The summed E-state index contributed by atoms with van der Waals surface area (Å²) in [7, 11) is 0. The largest absolute Gasteiger partial charge is 0.451 e. The van der Waals surface area contributed by atoms with Crippen LogP contribution in [0.5, 0.6) is 0 Å². The predicted molar refractivity (Wildman–Crippen MR) is 85.6 cm³/mol. The van der Waals surface area contributed by atoms with Crippen molar-refractivity contribution < 1.29 is 14.3 Å². The van der Waals surface area contributed by atoms with Crippen molar-refractivity contribution in [3.63, 3.8) is 0 Å². The molecule has 0 aliphatic rings. The molecule has 1 aromatic carbocycles. The second kappa shape index (κ2) is 7.59. The summed E-state index contributed by atoms with van der Waals surface area (Å²) in [6, 6.07) is 10.5. The Bertz CT molecular complexity index is 642. The Morgan fingerprint density at radius 1 is 1.19 bits per heavy atom. The molecule has 0 fully saturated rings. The number of rotatable bonds is 5. The number of carbonyl (C=O) groups is 2. The van der Waals surface area contributed by atoms with E-state index < -0.39 is 5.97 Å². The topological polar surface area (TPSA) is 55.4 Å². The lowest BCUT2D eigenvalue weighted by molar-refractivity contribution is -0.124. The van der Waals surface area contributed by atoms with Crippen LogP contribution in [0.4, 0.5) is 0 Å². The van der Waals surface area contributed by atoms with Gasteiger partial charge in [0.1, 0.15) is 4.88 Å². The maximum atomic E-state index is 11.6. The van der Waals surface area contributed by atoms with Crippen LogP contribution in [0, 0.1) is 0 Å². The smallest absolute Gasteiger partial charge is 0.348 e. The standard InChI is InChI=1S/C14H11BrClNO3S/c15-12-6-5-11(21-12)14(19)20-8-13(18)17-7-9-1-3-10(16)4-2-9/h1-6H,7-8H2,(H,17,18). The summed E-state index contributed by atoms with van der Waals surface area (Å²) in [5.41, 5.74) is 0.918. The van der Waals surface area contributed by atoms with Crippen LogP contribution in [0.3, 0.4) is 0 Å². The Kier molecular flexibility index (Phi) is 5.78. The van der Waals surface area contributed by atoms with Gasteiger partial charge in [0, 0.05) is 11.6 Å². The van der Waals surface area contributed by atoms with E-state index in [9.17, 15) is 9.59 Å². The van der Waals surface area contributed by atoms with Crippen LogP contribution >= 0.6 is 38.9 Å². The lowest BCUT2D eigenvalue weighted by Gasteiger charge is -2.06. The molecule has 0 saturated heterocycles. The average Bonchev–Trinajstić information content (AvgIpc) is 2.91. The van der Waals surface area contributed by atoms with Crippen LogP contribution < -0.4 is 5.32 Å². The SMILES string of the molecule is O=C(COC(=O)c1ccc(Br)s1)NCc1ccc(Cl)cc1. The van der Waals surface area contributed by atoms with E-state index in [1.165, 1.54) is 11.3 Å². The highest BCUT2D eigenvalue weighted by atomic mass is 79.9. The molecule has 110 valence electrons. The molecule has 0 aliphatic heterocycles. The van der Waals surface area contributed by atoms with Gasteiger partial charge in [-0.1, -0.05) is 23.7 Å². The first-order chi connectivity index (χ1) is 10.0. The van der Waals surface area contributed by atoms with Gasteiger partial charge in [0.2, 0.25) is 0 Å². The fraction of sp³-hybridized carbons (Fsp3) is 0.143. The number of ether oxygens (including phenoxy) is 1. The minimum atomic E-state index is -0.507. The molecule has 1 amide bonds. The molecule has 0 saturated carbocycles. The molecule has 21 heavy (non-hydrogen) atoms. The van der Waals surface area contributed by atoms with E-state index in [-0.39, 0.29) is 12.5 Å². The zero-order valence-electron chi connectivity index (χ0n) is 10.8. The fourth-order valence-electron chi connectivity index (χ4n) is 1.48. The highest BCUT2D eigenvalue weighted by molar-refractivity contribution is 9.11. The van der Waals surface area contributed by atoms with Gasteiger partial charge in [0.15, 0.2) is 6.61 Å². The Morgan fingerprint density at radius 3 is 2.52 bits per heavy atom. The van der Waals surface area contributed by atoms with Crippen molar-refractivity contribution in [2.75, 3.05) is 6.61 Å². The van der Waals surface area contributed by atoms with E-state index in [0.717, 1.165) is 9.35 Å². The number of hydrogen-bond donors (Lipinski definition) is 1. The van der Waals surface area contributed by atoms with Gasteiger partial charge in [0.25, 0.3) is 5.91 Å². The summed E-state index contributed by atoms with van der Waals surface area (Å²) < 4.78 is 5.76. The number of benzene rings is 1. The molecule has 1 heterocycles. The normalized spacial score (nSPS) is 10.2. The Labute approximate surface area is 139 Å². The molecule has 1 N–H and O–H groups in total. The molecule has 2 aromatic rings. The zero-order chi connectivity index (χ0) is 15.2. The van der Waals surface area contributed by atoms with Crippen molar-refractivity contribution in [1.82, 2.24) is 5.32 Å². The number of hydrogen-bond acceptors (Lipinski definition) is 4. The zero-order valence-corrected chi connectivity index (χ0v) is 13.9. The molecular weight excluding hydrogens is 378 g/mol. The number of halogens is 2. The first kappa shape index (κ1) is 16.0. The molecule has 0 aliphatic carbocycles. The third kappa shape index (κ3) is 5.15. The molecule has 0 unspecified atom stereocenters. The van der Waals surface area contributed by atoms with Crippen molar-refractivity contribution >= 4 is 50.7 Å². The van der Waals surface area contributed by atoms with E-state index in [1.807, 2.05) is 12.1 Å². The molecule has 0 bridgehead atoms. The highest BCUT2D eigenvalue weighted by Crippen LogP contribution is 2.22. The Balaban J connectivity index is 1.74. The van der Waals surface area contributed by atoms with Crippen LogP contribution in [-0.2, 0) is 16.1 Å². The third-order valence-corrected chi connectivity index (χ3v) is 4.37. The Morgan fingerprint density at radius 2 is 1.90 bits per heavy atom. The molecule has 1 aromatic heterocycles. The second-order valence-corrected chi connectivity index (χ2v) is 6.98. The van der Waals surface area contributed by atoms with Gasteiger partial charge < -0.3 is 10.1 Å². The fourth-order valence-corrected chi connectivity index (χ4v) is 2.89. The van der Waals surface area contributed by atoms with Gasteiger partial charge in [-0.2, -0.15) is 0 Å². The van der Waals surface area contributed by atoms with Crippen molar-refractivity contribution in [2.24, 2.45) is 0 Å². The molecule has 7 heteroatoms. The Hall–Kier alpha value is -1.37. The first-order valence-corrected chi connectivity index (χ1v) is 7.97. The summed E-state index contributed by atoms with van der Waals surface area (Å²) in [5.74, 6) is -0.860. The minimum absolute atomic E-state index is 0.304. The van der Waals surface area contributed by atoms with E-state index in [2.05, 4.69) is 21.2 Å². The summed E-state index contributed by atoms with van der Waals surface area (Å²) >= 11 is 10.3. The van der Waals surface area contributed by atoms with Gasteiger partial charge in [-0.05, 0) is 45.8 Å². The molecular formula is C14H11BrClNO3S. The number of carbonyl (C=O) groups excluding carboxylic acids is 2. The van der Waals surface area contributed by atoms with Gasteiger partial charge in [-0.25, -0.2) is 4.79 Å². The van der Waals surface area contributed by atoms with Gasteiger partial charge in [-0.15, -0.1) is 11.3 Å². The van der Waals surface area contributed by atoms with Gasteiger partial charge in [0.05, 0.1) is 3.79 Å². The number of amides is 1. The average molecular weight is 389 g/mol. The van der Waals surface area contributed by atoms with E-state index in [4.69, 9.17) is 16.3 Å². The monoisotopic (exact) mass is 387 g/mol. The quantitative estimate of drug-likeness (QED) is 0.796. The van der Waals surface area contributed by atoms with Crippen molar-refractivity contribution in [2.45, 2.75) is 6.54 Å². The summed E-state index contributed by atoms with van der Waals surface area (Å²) in [5, 5.41) is 3.31. The van der Waals surface area contributed by atoms with Crippen molar-refractivity contribution in [3.05, 3.63) is 55.6 Å². The van der Waals surface area contributed by atoms with Gasteiger partial charge >= 0.3 is 5.97 Å². The van der Waals surface area contributed by atoms with Crippen LogP contribution in [0.2, 0.25) is 5.02 Å². The maximum absolute atomic E-state index is 11.6.